The minimum absolute atomic E-state index is 0.0138. The minimum Gasteiger partial charge on any atom is -0.612 e. The van der Waals surface area contributed by atoms with Crippen molar-refractivity contribution < 1.29 is 9.35 Å². The molecule has 0 bridgehead atoms. The molecule has 0 aromatic heterocycles. The lowest BCUT2D eigenvalue weighted by Crippen LogP contribution is -2.11. The summed E-state index contributed by atoms with van der Waals surface area (Å²) >= 11 is 5.40. The first-order chi connectivity index (χ1) is 11.0. The van der Waals surface area contributed by atoms with Gasteiger partial charge in [-0.2, -0.15) is 0 Å². The van der Waals surface area contributed by atoms with E-state index in [1.165, 1.54) is 6.08 Å². The van der Waals surface area contributed by atoms with E-state index < -0.39 is 11.2 Å². The summed E-state index contributed by atoms with van der Waals surface area (Å²) < 4.78 is 13.9. The van der Waals surface area contributed by atoms with Crippen LogP contribution in [0.5, 0.6) is 0 Å². The van der Waals surface area contributed by atoms with Crippen LogP contribution in [0.25, 0.3) is 12.2 Å². The Morgan fingerprint density at radius 3 is 1.91 bits per heavy atom. The van der Waals surface area contributed by atoms with Crippen LogP contribution in [0.2, 0.25) is 0 Å². The molecule has 2 nitrogen and oxygen atoms in total. The largest absolute Gasteiger partial charge is 0.612 e. The topological polar surface area (TPSA) is 40.1 Å². The molecule has 0 saturated heterocycles. The molecule has 0 saturated carbocycles. The fourth-order valence-electron chi connectivity index (χ4n) is 1.73. The summed E-state index contributed by atoms with van der Waals surface area (Å²) in [5.41, 5.74) is 1.87. The van der Waals surface area contributed by atoms with Crippen LogP contribution >= 0.6 is 31.9 Å². The quantitative estimate of drug-likeness (QED) is 0.444. The number of hydrogen-bond donors (Lipinski definition) is 0. The van der Waals surface area contributed by atoms with Crippen molar-refractivity contribution in [3.63, 3.8) is 0 Å². The van der Waals surface area contributed by atoms with E-state index in [-0.39, 0.29) is 11.5 Å². The molecule has 0 fully saturated rings. The molecule has 2 aromatic carbocycles. The maximum absolute atomic E-state index is 11.9. The molecule has 0 heterocycles. The summed E-state index contributed by atoms with van der Waals surface area (Å²) in [7, 11) is 0. The Hall–Kier alpha value is -1.14. The maximum Gasteiger partial charge on any atom is 0.205 e. The Labute approximate surface area is 155 Å². The molecule has 0 N–H and O–H groups in total. The lowest BCUT2D eigenvalue weighted by molar-refractivity contribution is -0.112. The standard InChI is InChI=1S/C18H14Br2O2S/c19-16-6-1-14(2-7-16)5-10-18(21)13-23(22)12-11-15-3-8-17(20)9-4-15/h1-12H,13H2/b10-5-,12-11+. The van der Waals surface area contributed by atoms with Gasteiger partial charge in [0, 0.05) is 8.95 Å². The average Bonchev–Trinajstić information content (AvgIpc) is 2.54. The lowest BCUT2D eigenvalue weighted by atomic mass is 10.2. The molecule has 0 aliphatic carbocycles. The second-order valence-corrected chi connectivity index (χ2v) is 7.88. The second kappa shape index (κ2) is 9.23. The maximum atomic E-state index is 11.9. The van der Waals surface area contributed by atoms with E-state index in [2.05, 4.69) is 31.9 Å². The Morgan fingerprint density at radius 2 is 1.39 bits per heavy atom. The predicted octanol–water partition coefficient (Wildman–Crippen LogP) is 5.21. The van der Waals surface area contributed by atoms with Crippen LogP contribution in [0.4, 0.5) is 0 Å². The Morgan fingerprint density at radius 1 is 0.913 bits per heavy atom. The Bertz CT molecular complexity index is 707. The number of ketones is 1. The first-order valence-electron chi connectivity index (χ1n) is 6.80. The number of carbonyl (C=O) groups is 1. The van der Waals surface area contributed by atoms with Gasteiger partial charge in [-0.05, 0) is 58.7 Å². The van der Waals surface area contributed by atoms with Gasteiger partial charge in [-0.15, -0.1) is 0 Å². The molecular formula is C18H14Br2O2S. The fraction of sp³-hybridized carbons (Fsp3) is 0.0556. The predicted molar refractivity (Wildman–Crippen MR) is 104 cm³/mol. The molecule has 0 aliphatic rings. The van der Waals surface area contributed by atoms with Gasteiger partial charge in [0.05, 0.1) is 0 Å². The van der Waals surface area contributed by atoms with Crippen molar-refractivity contribution in [3.8, 4) is 0 Å². The zero-order valence-electron chi connectivity index (χ0n) is 12.1. The smallest absolute Gasteiger partial charge is 0.205 e. The molecule has 23 heavy (non-hydrogen) atoms. The average molecular weight is 454 g/mol. The molecule has 0 amide bonds. The molecule has 2 aromatic rings. The molecule has 0 aliphatic heterocycles. The van der Waals surface area contributed by atoms with Gasteiger partial charge in [0.2, 0.25) is 5.78 Å². The van der Waals surface area contributed by atoms with Gasteiger partial charge in [0.15, 0.2) is 5.75 Å². The normalized spacial score (nSPS) is 12.8. The van der Waals surface area contributed by atoms with Crippen LogP contribution in [-0.2, 0) is 16.0 Å². The number of rotatable bonds is 6. The summed E-state index contributed by atoms with van der Waals surface area (Å²) in [6.45, 7) is 0. The summed E-state index contributed by atoms with van der Waals surface area (Å²) in [6, 6.07) is 15.3. The van der Waals surface area contributed by atoms with Crippen molar-refractivity contribution in [1.29, 1.82) is 0 Å². The van der Waals surface area contributed by atoms with Crippen molar-refractivity contribution in [1.82, 2.24) is 0 Å². The van der Waals surface area contributed by atoms with Gasteiger partial charge < -0.3 is 4.55 Å². The van der Waals surface area contributed by atoms with Crippen molar-refractivity contribution in [2.45, 2.75) is 0 Å². The lowest BCUT2D eigenvalue weighted by Gasteiger charge is -2.02. The van der Waals surface area contributed by atoms with Gasteiger partial charge in [0.1, 0.15) is 5.41 Å². The van der Waals surface area contributed by atoms with E-state index in [9.17, 15) is 9.35 Å². The SMILES string of the molecule is O=C(/C=C\c1ccc(Br)cc1)C[S+]([O-])/C=C/c1ccc(Br)cc1. The molecule has 2 rings (SSSR count). The highest BCUT2D eigenvalue weighted by molar-refractivity contribution is 9.10. The summed E-state index contributed by atoms with van der Waals surface area (Å²) in [6.07, 6.45) is 4.95. The molecule has 1 unspecified atom stereocenters. The molecule has 1 atom stereocenters. The number of hydrogen-bond acceptors (Lipinski definition) is 2. The Kier molecular flexibility index (Phi) is 7.30. The van der Waals surface area contributed by atoms with Crippen LogP contribution in [0.15, 0.2) is 69.0 Å². The first kappa shape index (κ1) is 18.2. The monoisotopic (exact) mass is 452 g/mol. The van der Waals surface area contributed by atoms with Crippen molar-refractivity contribution in [3.05, 3.63) is 80.1 Å². The highest BCUT2D eigenvalue weighted by atomic mass is 79.9. The third-order valence-corrected chi connectivity index (χ3v) is 4.96. The molecule has 118 valence electrons. The van der Waals surface area contributed by atoms with Crippen molar-refractivity contribution in [2.75, 3.05) is 5.75 Å². The first-order valence-corrected chi connectivity index (χ1v) is 9.77. The molecule has 0 spiro atoms. The van der Waals surface area contributed by atoms with E-state index in [4.69, 9.17) is 0 Å². The van der Waals surface area contributed by atoms with Gasteiger partial charge in [-0.1, -0.05) is 62.2 Å². The van der Waals surface area contributed by atoms with E-state index in [0.717, 1.165) is 20.1 Å². The van der Waals surface area contributed by atoms with Gasteiger partial charge >= 0.3 is 0 Å². The van der Waals surface area contributed by atoms with Gasteiger partial charge in [0.25, 0.3) is 0 Å². The fourth-order valence-corrected chi connectivity index (χ4v) is 3.04. The summed E-state index contributed by atoms with van der Waals surface area (Å²) in [5.74, 6) is -0.174. The molecule has 5 heteroatoms. The van der Waals surface area contributed by atoms with E-state index in [1.807, 2.05) is 48.5 Å². The van der Waals surface area contributed by atoms with Crippen LogP contribution < -0.4 is 0 Å². The number of carbonyl (C=O) groups excluding carboxylic acids is 1. The van der Waals surface area contributed by atoms with E-state index >= 15 is 0 Å². The zero-order chi connectivity index (χ0) is 16.7. The third-order valence-electron chi connectivity index (χ3n) is 2.90. The van der Waals surface area contributed by atoms with Gasteiger partial charge in [-0.25, -0.2) is 0 Å². The summed E-state index contributed by atoms with van der Waals surface area (Å²) in [4.78, 5) is 11.8. The van der Waals surface area contributed by atoms with Crippen LogP contribution in [0.3, 0.4) is 0 Å². The Balaban J connectivity index is 1.86. The van der Waals surface area contributed by atoms with Crippen LogP contribution in [0, 0.1) is 0 Å². The van der Waals surface area contributed by atoms with Crippen molar-refractivity contribution >= 4 is 61.0 Å². The highest BCUT2D eigenvalue weighted by Gasteiger charge is 2.07. The third kappa shape index (κ3) is 6.87. The van der Waals surface area contributed by atoms with Crippen LogP contribution in [0.1, 0.15) is 11.1 Å². The summed E-state index contributed by atoms with van der Waals surface area (Å²) in [5, 5.41) is 1.55. The minimum atomic E-state index is -1.32. The van der Waals surface area contributed by atoms with Crippen LogP contribution in [-0.4, -0.2) is 16.1 Å². The molecule has 0 radical (unpaired) electrons. The zero-order valence-corrected chi connectivity index (χ0v) is 16.1. The van der Waals surface area contributed by atoms with Crippen molar-refractivity contribution in [2.24, 2.45) is 0 Å². The highest BCUT2D eigenvalue weighted by Crippen LogP contribution is 2.13. The van der Waals surface area contributed by atoms with Gasteiger partial charge in [-0.3, -0.25) is 4.79 Å². The number of benzene rings is 2. The number of halogens is 2. The molecular weight excluding hydrogens is 440 g/mol. The second-order valence-electron chi connectivity index (χ2n) is 4.73. The number of allylic oxidation sites excluding steroid dienone is 1. The van der Waals surface area contributed by atoms with E-state index in [1.54, 1.807) is 17.6 Å². The van der Waals surface area contributed by atoms with E-state index in [0.29, 0.717) is 0 Å².